The quantitative estimate of drug-likeness (QED) is 0.733. The Morgan fingerprint density at radius 3 is 2.55 bits per heavy atom. The van der Waals surface area contributed by atoms with Crippen LogP contribution in [0.25, 0.3) is 0 Å². The van der Waals surface area contributed by atoms with Gasteiger partial charge in [-0.1, -0.05) is 48.5 Å². The molecule has 0 radical (unpaired) electrons. The molecule has 1 aromatic heterocycles. The fourth-order valence-electron chi connectivity index (χ4n) is 3.69. The second-order valence-electron chi connectivity index (χ2n) is 7.26. The molecule has 0 bridgehead atoms. The lowest BCUT2D eigenvalue weighted by Gasteiger charge is -2.29. The van der Waals surface area contributed by atoms with Crippen LogP contribution in [0.4, 0.5) is 5.69 Å². The van der Waals surface area contributed by atoms with Crippen molar-refractivity contribution in [2.75, 3.05) is 11.4 Å². The highest BCUT2D eigenvalue weighted by molar-refractivity contribution is 6.08. The number of fused-ring (bicyclic) bond motifs is 1. The highest BCUT2D eigenvalue weighted by atomic mass is 16.2. The monoisotopic (exact) mass is 385 g/mol. The number of nitrogens with one attached hydrogen (secondary N) is 1. The summed E-state index contributed by atoms with van der Waals surface area (Å²) in [6, 6.07) is 19.2. The van der Waals surface area contributed by atoms with Crippen molar-refractivity contribution in [1.29, 1.82) is 0 Å². The lowest BCUT2D eigenvalue weighted by Crippen LogP contribution is -2.35. The normalized spacial score (nSPS) is 14.0. The Morgan fingerprint density at radius 2 is 1.72 bits per heavy atom. The van der Waals surface area contributed by atoms with Gasteiger partial charge in [-0.15, -0.1) is 0 Å². The number of amides is 2. The number of nitrogens with zero attached hydrogens (tertiary/aromatic N) is 2. The number of anilines is 1. The lowest BCUT2D eigenvalue weighted by atomic mass is 10.0. The van der Waals surface area contributed by atoms with Crippen LogP contribution in [0.1, 0.15) is 51.2 Å². The van der Waals surface area contributed by atoms with Crippen LogP contribution in [-0.2, 0) is 6.42 Å². The van der Waals surface area contributed by atoms with Crippen molar-refractivity contribution >= 4 is 17.5 Å². The summed E-state index contributed by atoms with van der Waals surface area (Å²) in [6.07, 6.45) is 4.91. The first-order valence-corrected chi connectivity index (χ1v) is 9.84. The summed E-state index contributed by atoms with van der Waals surface area (Å²) in [5.74, 6) is -0.377. The van der Waals surface area contributed by atoms with Crippen molar-refractivity contribution in [2.45, 2.75) is 25.8 Å². The van der Waals surface area contributed by atoms with E-state index < -0.39 is 0 Å². The van der Waals surface area contributed by atoms with Crippen LogP contribution in [0.15, 0.2) is 73.1 Å². The highest BCUT2D eigenvalue weighted by Crippen LogP contribution is 2.28. The molecule has 1 aliphatic heterocycles. The molecule has 4 rings (SSSR count). The largest absolute Gasteiger partial charge is 0.345 e. The molecule has 1 unspecified atom stereocenters. The van der Waals surface area contributed by atoms with E-state index in [2.05, 4.69) is 16.4 Å². The molecule has 1 aliphatic rings. The van der Waals surface area contributed by atoms with Crippen LogP contribution in [-0.4, -0.2) is 23.3 Å². The highest BCUT2D eigenvalue weighted by Gasteiger charge is 2.24. The average molecular weight is 385 g/mol. The van der Waals surface area contributed by atoms with E-state index in [9.17, 15) is 9.59 Å². The molecule has 0 fully saturated rings. The van der Waals surface area contributed by atoms with Gasteiger partial charge < -0.3 is 10.2 Å². The summed E-state index contributed by atoms with van der Waals surface area (Å²) >= 11 is 0. The van der Waals surface area contributed by atoms with Crippen molar-refractivity contribution in [3.8, 4) is 0 Å². The molecule has 2 aromatic carbocycles. The zero-order chi connectivity index (χ0) is 20.2. The predicted octanol–water partition coefficient (Wildman–Crippen LogP) is 4.17. The maximum Gasteiger partial charge on any atom is 0.259 e. The van der Waals surface area contributed by atoms with Gasteiger partial charge in [-0.2, -0.15) is 0 Å². The maximum atomic E-state index is 13.1. The molecule has 146 valence electrons. The van der Waals surface area contributed by atoms with Crippen LogP contribution in [0.5, 0.6) is 0 Å². The Kier molecular flexibility index (Phi) is 5.38. The minimum atomic E-state index is -0.248. The number of aromatic nitrogens is 1. The van der Waals surface area contributed by atoms with Crippen LogP contribution in [0.2, 0.25) is 0 Å². The van der Waals surface area contributed by atoms with Gasteiger partial charge in [0.1, 0.15) is 0 Å². The second-order valence-corrected chi connectivity index (χ2v) is 7.26. The third-order valence-electron chi connectivity index (χ3n) is 5.25. The number of benzene rings is 2. The minimum absolute atomic E-state index is 0.129. The Labute approximate surface area is 170 Å². The van der Waals surface area contributed by atoms with E-state index in [1.807, 2.05) is 55.5 Å². The Hall–Kier alpha value is -3.47. The first kappa shape index (κ1) is 18.9. The van der Waals surface area contributed by atoms with Crippen LogP contribution in [0, 0.1) is 0 Å². The zero-order valence-electron chi connectivity index (χ0n) is 16.3. The van der Waals surface area contributed by atoms with Gasteiger partial charge in [0.05, 0.1) is 17.2 Å². The van der Waals surface area contributed by atoms with Crippen molar-refractivity contribution in [2.24, 2.45) is 0 Å². The summed E-state index contributed by atoms with van der Waals surface area (Å²) in [6.45, 7) is 2.59. The molecule has 5 heteroatoms. The van der Waals surface area contributed by atoms with E-state index in [0.717, 1.165) is 24.1 Å². The van der Waals surface area contributed by atoms with Crippen LogP contribution < -0.4 is 10.2 Å². The van der Waals surface area contributed by atoms with Crippen molar-refractivity contribution < 1.29 is 9.59 Å². The fraction of sp³-hybridized carbons (Fsp3) is 0.208. The second kappa shape index (κ2) is 8.27. The van der Waals surface area contributed by atoms with Gasteiger partial charge in [-0.05, 0) is 43.0 Å². The number of hydrogen-bond donors (Lipinski definition) is 1. The van der Waals surface area contributed by atoms with E-state index in [1.165, 1.54) is 18.0 Å². The van der Waals surface area contributed by atoms with E-state index >= 15 is 0 Å². The molecule has 2 amide bonds. The van der Waals surface area contributed by atoms with Crippen molar-refractivity contribution in [3.05, 3.63) is 95.3 Å². The first-order valence-electron chi connectivity index (χ1n) is 9.84. The number of carbonyl (C=O) groups excluding carboxylic acids is 2. The van der Waals surface area contributed by atoms with Gasteiger partial charge in [0.2, 0.25) is 0 Å². The molecule has 3 aromatic rings. The summed E-state index contributed by atoms with van der Waals surface area (Å²) in [4.78, 5) is 31.8. The molecule has 0 aliphatic carbocycles. The van der Waals surface area contributed by atoms with Gasteiger partial charge in [0.25, 0.3) is 11.8 Å². The Bertz CT molecular complexity index is 1030. The average Bonchev–Trinajstić information content (AvgIpc) is 2.79. The molecule has 29 heavy (non-hydrogen) atoms. The standard InChI is InChI=1S/C24H23N3O2/c1-17(18-8-3-2-4-9-18)26-23(28)20-14-21(16-25-15-20)24(29)27-13-7-11-19-10-5-6-12-22(19)27/h2-6,8-10,12,14-17H,7,11,13H2,1H3,(H,26,28). The zero-order valence-corrected chi connectivity index (χ0v) is 16.3. The number of pyridine rings is 1. The fourth-order valence-corrected chi connectivity index (χ4v) is 3.69. The van der Waals surface area contributed by atoms with E-state index in [-0.39, 0.29) is 17.9 Å². The summed E-state index contributed by atoms with van der Waals surface area (Å²) in [5, 5.41) is 2.97. The van der Waals surface area contributed by atoms with E-state index in [0.29, 0.717) is 17.7 Å². The molecule has 1 atom stereocenters. The summed E-state index contributed by atoms with van der Waals surface area (Å²) < 4.78 is 0. The van der Waals surface area contributed by atoms with Gasteiger partial charge in [0, 0.05) is 24.6 Å². The van der Waals surface area contributed by atoms with Crippen molar-refractivity contribution in [1.82, 2.24) is 10.3 Å². The smallest absolute Gasteiger partial charge is 0.259 e. The molecular weight excluding hydrogens is 362 g/mol. The molecule has 0 spiro atoms. The third kappa shape index (κ3) is 4.04. The maximum absolute atomic E-state index is 13.1. The van der Waals surface area contributed by atoms with Gasteiger partial charge in [0.15, 0.2) is 0 Å². The van der Waals surface area contributed by atoms with E-state index in [4.69, 9.17) is 0 Å². The van der Waals surface area contributed by atoms with Crippen molar-refractivity contribution in [3.63, 3.8) is 0 Å². The molecule has 2 heterocycles. The molecule has 0 saturated heterocycles. The number of aryl methyl sites for hydroxylation is 1. The predicted molar refractivity (Wildman–Crippen MR) is 113 cm³/mol. The Balaban J connectivity index is 1.53. The van der Waals surface area contributed by atoms with Crippen LogP contribution >= 0.6 is 0 Å². The molecular formula is C24H23N3O2. The number of para-hydroxylation sites is 1. The molecule has 5 nitrogen and oxygen atoms in total. The third-order valence-corrected chi connectivity index (χ3v) is 5.25. The van der Waals surface area contributed by atoms with Gasteiger partial charge in [-0.3, -0.25) is 14.6 Å². The topological polar surface area (TPSA) is 62.3 Å². The van der Waals surface area contributed by atoms with Gasteiger partial charge in [-0.25, -0.2) is 0 Å². The first-order chi connectivity index (χ1) is 14.1. The summed E-state index contributed by atoms with van der Waals surface area (Å²) in [5.41, 5.74) is 3.93. The molecule has 0 saturated carbocycles. The van der Waals surface area contributed by atoms with Crippen LogP contribution in [0.3, 0.4) is 0 Å². The lowest BCUT2D eigenvalue weighted by molar-refractivity contribution is 0.0939. The summed E-state index contributed by atoms with van der Waals surface area (Å²) in [7, 11) is 0. The number of hydrogen-bond acceptors (Lipinski definition) is 3. The SMILES string of the molecule is CC(NC(=O)c1cncc(C(=O)N2CCCc3ccccc32)c1)c1ccccc1. The number of carbonyl (C=O) groups is 2. The van der Waals surface area contributed by atoms with Gasteiger partial charge >= 0.3 is 0 Å². The minimum Gasteiger partial charge on any atom is -0.345 e. The van der Waals surface area contributed by atoms with E-state index in [1.54, 1.807) is 11.0 Å². The molecule has 1 N–H and O–H groups in total. The number of rotatable bonds is 4. The Morgan fingerprint density at radius 1 is 1.00 bits per heavy atom.